The zero-order valence-corrected chi connectivity index (χ0v) is 14.6. The van der Waals surface area contributed by atoms with Gasteiger partial charge >= 0.3 is 0 Å². The molecule has 23 heavy (non-hydrogen) atoms. The molecule has 0 spiro atoms. The van der Waals surface area contributed by atoms with Gasteiger partial charge in [-0.05, 0) is 58.7 Å². The lowest BCUT2D eigenvalue weighted by Gasteiger charge is -2.07. The fourth-order valence-electron chi connectivity index (χ4n) is 1.70. The van der Waals surface area contributed by atoms with E-state index in [1.54, 1.807) is 30.3 Å². The molecule has 0 fully saturated rings. The summed E-state index contributed by atoms with van der Waals surface area (Å²) in [6, 6.07) is 10.2. The number of phenolic OH excluding ortho intramolecular Hbond substituents is 1. The summed E-state index contributed by atoms with van der Waals surface area (Å²) >= 11 is 9.12. The fourth-order valence-corrected chi connectivity index (χ4v) is 2.50. The first-order chi connectivity index (χ1) is 11.0. The van der Waals surface area contributed by atoms with Crippen molar-refractivity contribution >= 4 is 39.7 Å². The van der Waals surface area contributed by atoms with Gasteiger partial charge in [0.25, 0.3) is 5.91 Å². The van der Waals surface area contributed by atoms with Crippen LogP contribution in [0.15, 0.2) is 46.0 Å². The smallest absolute Gasteiger partial charge is 0.277 e. The molecule has 7 heteroatoms. The summed E-state index contributed by atoms with van der Waals surface area (Å²) < 4.78 is 6.01. The summed E-state index contributed by atoms with van der Waals surface area (Å²) in [6.45, 7) is 1.67. The topological polar surface area (TPSA) is 70.9 Å². The van der Waals surface area contributed by atoms with Crippen molar-refractivity contribution in [3.63, 3.8) is 0 Å². The molecule has 0 aliphatic heterocycles. The molecule has 0 aromatic heterocycles. The highest BCUT2D eigenvalue weighted by Crippen LogP contribution is 2.27. The summed E-state index contributed by atoms with van der Waals surface area (Å²) in [7, 11) is 0. The quantitative estimate of drug-likeness (QED) is 0.598. The van der Waals surface area contributed by atoms with Gasteiger partial charge in [0, 0.05) is 10.6 Å². The van der Waals surface area contributed by atoms with Crippen molar-refractivity contribution in [2.75, 3.05) is 6.61 Å². The second-order valence-corrected chi connectivity index (χ2v) is 6.01. The second kappa shape index (κ2) is 7.99. The first-order valence-electron chi connectivity index (χ1n) is 6.65. The number of carbonyl (C=O) groups is 1. The maximum atomic E-state index is 11.7. The van der Waals surface area contributed by atoms with Crippen molar-refractivity contribution in [3.05, 3.63) is 57.0 Å². The summed E-state index contributed by atoms with van der Waals surface area (Å²) in [5.41, 5.74) is 3.77. The summed E-state index contributed by atoms with van der Waals surface area (Å²) in [4.78, 5) is 11.7. The van der Waals surface area contributed by atoms with Crippen LogP contribution in [0.3, 0.4) is 0 Å². The van der Waals surface area contributed by atoms with E-state index in [0.29, 0.717) is 20.8 Å². The lowest BCUT2D eigenvalue weighted by atomic mass is 10.1. The Bertz CT molecular complexity index is 750. The number of nitrogens with zero attached hydrogens (tertiary/aromatic N) is 1. The lowest BCUT2D eigenvalue weighted by Crippen LogP contribution is -2.24. The molecule has 2 rings (SSSR count). The van der Waals surface area contributed by atoms with Gasteiger partial charge in [-0.1, -0.05) is 17.7 Å². The van der Waals surface area contributed by atoms with Crippen molar-refractivity contribution in [1.82, 2.24) is 5.43 Å². The average molecular weight is 398 g/mol. The Balaban J connectivity index is 1.86. The number of nitrogens with one attached hydrogen (secondary N) is 1. The molecule has 0 radical (unpaired) electrons. The van der Waals surface area contributed by atoms with E-state index in [4.69, 9.17) is 16.3 Å². The number of aryl methyl sites for hydroxylation is 1. The molecule has 0 unspecified atom stereocenters. The Hall–Kier alpha value is -2.05. The van der Waals surface area contributed by atoms with E-state index in [-0.39, 0.29) is 12.4 Å². The molecule has 0 heterocycles. The first-order valence-corrected chi connectivity index (χ1v) is 7.82. The van der Waals surface area contributed by atoms with E-state index in [2.05, 4.69) is 26.5 Å². The number of rotatable bonds is 5. The Kier molecular flexibility index (Phi) is 6.01. The molecular weight excluding hydrogens is 384 g/mol. The van der Waals surface area contributed by atoms with E-state index >= 15 is 0 Å². The number of aromatic hydroxyl groups is 1. The normalized spacial score (nSPS) is 10.7. The molecule has 0 aliphatic carbocycles. The average Bonchev–Trinajstić information content (AvgIpc) is 2.48. The van der Waals surface area contributed by atoms with E-state index in [1.165, 1.54) is 6.21 Å². The molecule has 0 aliphatic rings. The first kappa shape index (κ1) is 17.3. The number of hydrogen-bond acceptors (Lipinski definition) is 4. The zero-order valence-electron chi connectivity index (χ0n) is 12.2. The highest BCUT2D eigenvalue weighted by atomic mass is 79.9. The number of amides is 1. The molecular formula is C16H14BrClN2O3. The molecule has 2 N–H and O–H groups in total. The van der Waals surface area contributed by atoms with Crippen LogP contribution in [0.5, 0.6) is 11.5 Å². The minimum atomic E-state index is -0.422. The number of halogens is 2. The molecule has 5 nitrogen and oxygen atoms in total. The van der Waals surface area contributed by atoms with Gasteiger partial charge in [0.1, 0.15) is 11.5 Å². The molecule has 0 saturated carbocycles. The van der Waals surface area contributed by atoms with Crippen molar-refractivity contribution < 1.29 is 14.6 Å². The fraction of sp³-hybridized carbons (Fsp3) is 0.125. The summed E-state index contributed by atoms with van der Waals surface area (Å²) in [5, 5.41) is 14.1. The van der Waals surface area contributed by atoms with Crippen LogP contribution in [-0.2, 0) is 4.79 Å². The van der Waals surface area contributed by atoms with Crippen LogP contribution >= 0.6 is 27.5 Å². The third kappa shape index (κ3) is 5.26. The van der Waals surface area contributed by atoms with E-state index in [1.807, 2.05) is 13.0 Å². The van der Waals surface area contributed by atoms with Gasteiger partial charge in [0.15, 0.2) is 6.61 Å². The van der Waals surface area contributed by atoms with Crippen LogP contribution in [0.1, 0.15) is 11.1 Å². The molecule has 0 saturated heterocycles. The second-order valence-electron chi connectivity index (χ2n) is 4.72. The predicted octanol–water partition coefficient (Wildman–Crippen LogP) is 3.65. The maximum Gasteiger partial charge on any atom is 0.277 e. The minimum absolute atomic E-state index is 0.101. The monoisotopic (exact) mass is 396 g/mol. The molecule has 0 bridgehead atoms. The number of benzene rings is 2. The molecule has 2 aromatic carbocycles. The van der Waals surface area contributed by atoms with Crippen molar-refractivity contribution in [3.8, 4) is 11.5 Å². The van der Waals surface area contributed by atoms with Crippen molar-refractivity contribution in [2.24, 2.45) is 5.10 Å². The highest BCUT2D eigenvalue weighted by Gasteiger charge is 2.05. The van der Waals surface area contributed by atoms with Crippen LogP contribution in [0, 0.1) is 6.92 Å². The number of hydrazone groups is 1. The molecule has 1 amide bonds. The Morgan fingerprint density at radius 1 is 1.39 bits per heavy atom. The SMILES string of the molecule is Cc1ccc(C=NNC(=O)COc2ccc(Cl)cc2Br)c(O)c1. The van der Waals surface area contributed by atoms with Gasteiger partial charge in [-0.2, -0.15) is 5.10 Å². The van der Waals surface area contributed by atoms with Crippen molar-refractivity contribution in [2.45, 2.75) is 6.92 Å². The van der Waals surface area contributed by atoms with E-state index in [9.17, 15) is 9.90 Å². The zero-order chi connectivity index (χ0) is 16.8. The van der Waals surface area contributed by atoms with Crippen molar-refractivity contribution in [1.29, 1.82) is 0 Å². The molecule has 0 atom stereocenters. The summed E-state index contributed by atoms with van der Waals surface area (Å²) in [5.74, 6) is 0.184. The Labute approximate surface area is 147 Å². The number of carbonyl (C=O) groups excluding carboxylic acids is 1. The third-order valence-electron chi connectivity index (χ3n) is 2.83. The minimum Gasteiger partial charge on any atom is -0.507 e. The number of hydrogen-bond donors (Lipinski definition) is 2. The Morgan fingerprint density at radius 2 is 2.17 bits per heavy atom. The Morgan fingerprint density at radius 3 is 2.87 bits per heavy atom. The summed E-state index contributed by atoms with van der Waals surface area (Å²) in [6.07, 6.45) is 1.37. The number of ether oxygens (including phenoxy) is 1. The van der Waals surface area contributed by atoms with E-state index in [0.717, 1.165) is 5.56 Å². The van der Waals surface area contributed by atoms with Crippen LogP contribution in [0.4, 0.5) is 0 Å². The highest BCUT2D eigenvalue weighted by molar-refractivity contribution is 9.10. The van der Waals surface area contributed by atoms with Crippen LogP contribution in [0.2, 0.25) is 5.02 Å². The van der Waals surface area contributed by atoms with Crippen LogP contribution in [-0.4, -0.2) is 23.8 Å². The van der Waals surface area contributed by atoms with Gasteiger partial charge in [-0.15, -0.1) is 0 Å². The van der Waals surface area contributed by atoms with Gasteiger partial charge in [-0.3, -0.25) is 4.79 Å². The predicted molar refractivity (Wildman–Crippen MR) is 93.2 cm³/mol. The van der Waals surface area contributed by atoms with Gasteiger partial charge in [0.2, 0.25) is 0 Å². The molecule has 2 aromatic rings. The largest absolute Gasteiger partial charge is 0.507 e. The van der Waals surface area contributed by atoms with Crippen LogP contribution < -0.4 is 10.2 Å². The third-order valence-corrected chi connectivity index (χ3v) is 3.69. The van der Waals surface area contributed by atoms with Gasteiger partial charge in [0.05, 0.1) is 10.7 Å². The lowest BCUT2D eigenvalue weighted by molar-refractivity contribution is -0.123. The standard InChI is InChI=1S/C16H14BrClN2O3/c1-10-2-3-11(14(21)6-10)8-19-20-16(22)9-23-15-5-4-12(18)7-13(15)17/h2-8,21H,9H2,1H3,(H,20,22). The van der Waals surface area contributed by atoms with Gasteiger partial charge < -0.3 is 9.84 Å². The van der Waals surface area contributed by atoms with E-state index < -0.39 is 5.91 Å². The molecule has 120 valence electrons. The maximum absolute atomic E-state index is 11.7. The number of phenols is 1. The van der Waals surface area contributed by atoms with Gasteiger partial charge in [-0.25, -0.2) is 5.43 Å². The van der Waals surface area contributed by atoms with Crippen LogP contribution in [0.25, 0.3) is 0 Å².